The first-order chi connectivity index (χ1) is 14.2. The van der Waals surface area contributed by atoms with E-state index in [9.17, 15) is 13.2 Å². The van der Waals surface area contributed by atoms with Crippen molar-refractivity contribution in [2.75, 3.05) is 30.3 Å². The lowest BCUT2D eigenvalue weighted by Gasteiger charge is -2.24. The van der Waals surface area contributed by atoms with Crippen molar-refractivity contribution in [3.63, 3.8) is 0 Å². The van der Waals surface area contributed by atoms with E-state index in [-0.39, 0.29) is 13.1 Å². The van der Waals surface area contributed by atoms with Crippen LogP contribution in [0.1, 0.15) is 30.5 Å². The number of carbonyl (C=O) groups excluding carboxylic acids is 1. The number of ether oxygens (including phenoxy) is 2. The number of aryl methyl sites for hydroxylation is 2. The lowest BCUT2D eigenvalue weighted by atomic mass is 10.1. The van der Waals surface area contributed by atoms with Crippen LogP contribution in [0.4, 0.5) is 5.69 Å². The third kappa shape index (κ3) is 6.38. The van der Waals surface area contributed by atoms with Gasteiger partial charge in [-0.2, -0.15) is 0 Å². The second-order valence-electron chi connectivity index (χ2n) is 6.98. The highest BCUT2D eigenvalue weighted by Gasteiger charge is 2.22. The number of sulfonamides is 1. The number of rotatable bonds is 10. The molecule has 2 aromatic carbocycles. The molecule has 0 radical (unpaired) electrons. The minimum atomic E-state index is -3.62. The van der Waals surface area contributed by atoms with E-state index in [1.54, 1.807) is 12.1 Å². The molecule has 30 heavy (non-hydrogen) atoms. The molecule has 2 aromatic rings. The highest BCUT2D eigenvalue weighted by molar-refractivity contribution is 7.92. The Morgan fingerprint density at radius 3 is 2.27 bits per heavy atom. The Bertz CT molecular complexity index is 989. The molecule has 0 aromatic heterocycles. The first kappa shape index (κ1) is 23.5. The molecule has 0 aliphatic rings. The molecule has 8 heteroatoms. The van der Waals surface area contributed by atoms with Crippen molar-refractivity contribution >= 4 is 21.6 Å². The molecule has 0 fully saturated rings. The van der Waals surface area contributed by atoms with E-state index < -0.39 is 15.9 Å². The van der Waals surface area contributed by atoms with Crippen molar-refractivity contribution in [2.24, 2.45) is 0 Å². The van der Waals surface area contributed by atoms with Crippen LogP contribution in [0.3, 0.4) is 0 Å². The second-order valence-corrected chi connectivity index (χ2v) is 8.89. The highest BCUT2D eigenvalue weighted by atomic mass is 32.2. The van der Waals surface area contributed by atoms with Gasteiger partial charge in [-0.1, -0.05) is 23.8 Å². The average molecular weight is 435 g/mol. The summed E-state index contributed by atoms with van der Waals surface area (Å²) in [6.45, 7) is 8.51. The smallest absolute Gasteiger partial charge is 0.241 e. The van der Waals surface area contributed by atoms with Crippen molar-refractivity contribution in [3.05, 3.63) is 53.1 Å². The third-order valence-corrected chi connectivity index (χ3v) is 5.53. The molecular weight excluding hydrogens is 404 g/mol. The van der Waals surface area contributed by atoms with E-state index in [0.29, 0.717) is 30.4 Å². The van der Waals surface area contributed by atoms with Gasteiger partial charge in [0, 0.05) is 6.54 Å². The zero-order valence-electron chi connectivity index (χ0n) is 18.2. The van der Waals surface area contributed by atoms with Gasteiger partial charge in [-0.3, -0.25) is 9.10 Å². The molecule has 0 bridgehead atoms. The summed E-state index contributed by atoms with van der Waals surface area (Å²) in [6, 6.07) is 10.9. The molecule has 0 heterocycles. The number of carbonyl (C=O) groups is 1. The number of nitrogens with one attached hydrogen (secondary N) is 1. The molecule has 0 spiro atoms. The van der Waals surface area contributed by atoms with E-state index in [1.807, 2.05) is 52.0 Å². The molecule has 0 saturated heterocycles. The van der Waals surface area contributed by atoms with Gasteiger partial charge in [0.2, 0.25) is 15.9 Å². The van der Waals surface area contributed by atoms with Crippen LogP contribution in [0.25, 0.3) is 0 Å². The Hall–Kier alpha value is -2.74. The first-order valence-electron chi connectivity index (χ1n) is 9.85. The maximum absolute atomic E-state index is 12.5. The standard InChI is InChI=1S/C22H30N2O5S/c1-6-28-20-11-9-18(13-21(20)29-7-2)14-23-22(25)15-24(30(5,26)27)19-10-8-16(3)12-17(19)4/h8-13H,6-7,14-15H2,1-5H3,(H,23,25). The number of amides is 1. The van der Waals surface area contributed by atoms with Crippen LogP contribution in [0, 0.1) is 13.8 Å². The van der Waals surface area contributed by atoms with Crippen LogP contribution in [0.5, 0.6) is 11.5 Å². The number of benzene rings is 2. The fraction of sp³-hybridized carbons (Fsp3) is 0.409. The number of hydrogen-bond acceptors (Lipinski definition) is 5. The van der Waals surface area contributed by atoms with Crippen molar-refractivity contribution < 1.29 is 22.7 Å². The largest absolute Gasteiger partial charge is 0.490 e. The minimum absolute atomic E-state index is 0.246. The van der Waals surface area contributed by atoms with Gasteiger partial charge in [-0.15, -0.1) is 0 Å². The van der Waals surface area contributed by atoms with E-state index in [2.05, 4.69) is 5.32 Å². The van der Waals surface area contributed by atoms with E-state index in [0.717, 1.165) is 27.3 Å². The number of anilines is 1. The normalized spacial score (nSPS) is 11.1. The molecule has 1 N–H and O–H groups in total. The van der Waals surface area contributed by atoms with Crippen molar-refractivity contribution in [2.45, 2.75) is 34.2 Å². The number of hydrogen-bond donors (Lipinski definition) is 1. The fourth-order valence-corrected chi connectivity index (χ4v) is 3.97. The molecule has 0 aliphatic heterocycles. The molecule has 0 aliphatic carbocycles. The van der Waals surface area contributed by atoms with Crippen molar-refractivity contribution in [3.8, 4) is 11.5 Å². The van der Waals surface area contributed by atoms with Crippen LogP contribution in [-0.4, -0.2) is 40.3 Å². The molecule has 1 amide bonds. The zero-order chi connectivity index (χ0) is 22.3. The summed E-state index contributed by atoms with van der Waals surface area (Å²) < 4.78 is 36.9. The summed E-state index contributed by atoms with van der Waals surface area (Å²) in [4.78, 5) is 12.5. The van der Waals surface area contributed by atoms with Gasteiger partial charge in [0.1, 0.15) is 6.54 Å². The van der Waals surface area contributed by atoms with E-state index in [4.69, 9.17) is 9.47 Å². The maximum atomic E-state index is 12.5. The molecule has 0 saturated carbocycles. The summed E-state index contributed by atoms with van der Waals surface area (Å²) in [6.07, 6.45) is 1.10. The highest BCUT2D eigenvalue weighted by Crippen LogP contribution is 2.28. The third-order valence-electron chi connectivity index (χ3n) is 4.41. The zero-order valence-corrected chi connectivity index (χ0v) is 19.0. The lowest BCUT2D eigenvalue weighted by molar-refractivity contribution is -0.119. The maximum Gasteiger partial charge on any atom is 0.241 e. The average Bonchev–Trinajstić information content (AvgIpc) is 2.66. The van der Waals surface area contributed by atoms with Crippen LogP contribution in [0.2, 0.25) is 0 Å². The van der Waals surface area contributed by atoms with Crippen LogP contribution in [-0.2, 0) is 21.4 Å². The summed E-state index contributed by atoms with van der Waals surface area (Å²) >= 11 is 0. The van der Waals surface area contributed by atoms with Gasteiger partial charge in [-0.25, -0.2) is 8.42 Å². The monoisotopic (exact) mass is 434 g/mol. The molecule has 0 unspecified atom stereocenters. The Balaban J connectivity index is 2.12. The summed E-state index contributed by atoms with van der Waals surface area (Å²) in [5.41, 5.74) is 3.14. The van der Waals surface area contributed by atoms with E-state index in [1.165, 1.54) is 0 Å². The number of nitrogens with zero attached hydrogens (tertiary/aromatic N) is 1. The molecule has 2 rings (SSSR count). The van der Waals surface area contributed by atoms with Crippen LogP contribution < -0.4 is 19.1 Å². The Labute approximate surface area is 179 Å². The van der Waals surface area contributed by atoms with Gasteiger partial charge < -0.3 is 14.8 Å². The second kappa shape index (κ2) is 10.3. The van der Waals surface area contributed by atoms with Gasteiger partial charge >= 0.3 is 0 Å². The Morgan fingerprint density at radius 1 is 1.00 bits per heavy atom. The van der Waals surface area contributed by atoms with Crippen molar-refractivity contribution in [1.82, 2.24) is 5.32 Å². The fourth-order valence-electron chi connectivity index (χ4n) is 3.06. The topological polar surface area (TPSA) is 84.9 Å². The van der Waals surface area contributed by atoms with Crippen LogP contribution in [0.15, 0.2) is 36.4 Å². The Kier molecular flexibility index (Phi) is 8.11. The van der Waals surface area contributed by atoms with Gasteiger partial charge in [-0.05, 0) is 57.0 Å². The summed E-state index contributed by atoms with van der Waals surface area (Å²) in [5, 5.41) is 2.78. The predicted octanol–water partition coefficient (Wildman–Crippen LogP) is 3.18. The van der Waals surface area contributed by atoms with E-state index >= 15 is 0 Å². The molecule has 0 atom stereocenters. The summed E-state index contributed by atoms with van der Waals surface area (Å²) in [7, 11) is -3.62. The first-order valence-corrected chi connectivity index (χ1v) is 11.7. The van der Waals surface area contributed by atoms with Crippen LogP contribution >= 0.6 is 0 Å². The summed E-state index contributed by atoms with van der Waals surface area (Å²) in [5.74, 6) is 0.860. The molecule has 164 valence electrons. The van der Waals surface area contributed by atoms with Crippen molar-refractivity contribution in [1.29, 1.82) is 0 Å². The van der Waals surface area contributed by atoms with Gasteiger partial charge in [0.15, 0.2) is 11.5 Å². The SMILES string of the molecule is CCOc1ccc(CNC(=O)CN(c2ccc(C)cc2C)S(C)(=O)=O)cc1OCC. The lowest BCUT2D eigenvalue weighted by Crippen LogP contribution is -2.40. The van der Waals surface area contributed by atoms with Gasteiger partial charge in [0.05, 0.1) is 25.2 Å². The quantitative estimate of drug-likeness (QED) is 0.621. The van der Waals surface area contributed by atoms with Gasteiger partial charge in [0.25, 0.3) is 0 Å². The predicted molar refractivity (Wildman–Crippen MR) is 119 cm³/mol. The molecular formula is C22H30N2O5S. The molecule has 7 nitrogen and oxygen atoms in total. The minimum Gasteiger partial charge on any atom is -0.490 e. The Morgan fingerprint density at radius 2 is 1.67 bits per heavy atom.